The molecule has 1 rings (SSSR count). The fraction of sp³-hybridized carbons (Fsp3) is 0.909. The summed E-state index contributed by atoms with van der Waals surface area (Å²) in [5.74, 6) is -0.109. The molecule has 0 aliphatic carbocycles. The Hall–Kier alpha value is -0.650. The first-order valence-corrected chi connectivity index (χ1v) is 6.01. The van der Waals surface area contributed by atoms with Crippen molar-refractivity contribution in [3.63, 3.8) is 0 Å². The van der Waals surface area contributed by atoms with E-state index in [0.717, 1.165) is 19.6 Å². The lowest BCUT2D eigenvalue weighted by Gasteiger charge is -2.26. The van der Waals surface area contributed by atoms with Crippen LogP contribution in [0.25, 0.3) is 0 Å². The molecule has 3 N–H and O–H groups in total. The quantitative estimate of drug-likeness (QED) is 0.648. The average Bonchev–Trinajstić information content (AvgIpc) is 2.32. The van der Waals surface area contributed by atoms with Crippen LogP contribution in [0.15, 0.2) is 0 Å². The van der Waals surface area contributed by atoms with Gasteiger partial charge in [0.15, 0.2) is 0 Å². The average molecular weight is 229 g/mol. The molecule has 0 spiro atoms. The Morgan fingerprint density at radius 2 is 2.12 bits per heavy atom. The molecule has 0 radical (unpaired) electrons. The summed E-state index contributed by atoms with van der Waals surface area (Å²) in [6.45, 7) is 4.14. The Kier molecular flexibility index (Phi) is 6.37. The molecule has 1 atom stereocenters. The SMILES string of the molecule is COC(CN)C(=O)NCCN1CCCCC1. The van der Waals surface area contributed by atoms with Crippen LogP contribution in [-0.4, -0.2) is 56.7 Å². The molecule has 1 unspecified atom stereocenters. The van der Waals surface area contributed by atoms with E-state index in [1.54, 1.807) is 0 Å². The van der Waals surface area contributed by atoms with Crippen LogP contribution in [0.2, 0.25) is 0 Å². The van der Waals surface area contributed by atoms with Crippen molar-refractivity contribution in [1.82, 2.24) is 10.2 Å². The van der Waals surface area contributed by atoms with E-state index in [1.807, 2.05) is 0 Å². The lowest BCUT2D eigenvalue weighted by Crippen LogP contribution is -2.44. The van der Waals surface area contributed by atoms with Gasteiger partial charge in [0.2, 0.25) is 5.91 Å². The number of nitrogens with two attached hydrogens (primary N) is 1. The Morgan fingerprint density at radius 3 is 2.69 bits per heavy atom. The van der Waals surface area contributed by atoms with Gasteiger partial charge in [-0.3, -0.25) is 4.79 Å². The number of carbonyl (C=O) groups excluding carboxylic acids is 1. The summed E-state index contributed by atoms with van der Waals surface area (Å²) in [5, 5.41) is 2.85. The van der Waals surface area contributed by atoms with Crippen molar-refractivity contribution in [3.8, 4) is 0 Å². The highest BCUT2D eigenvalue weighted by molar-refractivity contribution is 5.80. The van der Waals surface area contributed by atoms with Gasteiger partial charge in [0.05, 0.1) is 0 Å². The Bertz CT molecular complexity index is 201. The molecule has 1 aliphatic rings. The molecule has 0 aromatic heterocycles. The van der Waals surface area contributed by atoms with Crippen LogP contribution in [0, 0.1) is 0 Å². The molecule has 5 nitrogen and oxygen atoms in total. The molecule has 5 heteroatoms. The van der Waals surface area contributed by atoms with Gasteiger partial charge >= 0.3 is 0 Å². The lowest BCUT2D eigenvalue weighted by molar-refractivity contribution is -0.130. The third-order valence-electron chi connectivity index (χ3n) is 2.97. The van der Waals surface area contributed by atoms with Gasteiger partial charge in [-0.15, -0.1) is 0 Å². The number of rotatable bonds is 6. The molecule has 1 amide bonds. The Morgan fingerprint density at radius 1 is 1.44 bits per heavy atom. The third kappa shape index (κ3) is 4.47. The van der Waals surface area contributed by atoms with E-state index < -0.39 is 6.10 Å². The van der Waals surface area contributed by atoms with Crippen LogP contribution in [0.4, 0.5) is 0 Å². The minimum Gasteiger partial charge on any atom is -0.370 e. The van der Waals surface area contributed by atoms with Gasteiger partial charge in [0.1, 0.15) is 6.10 Å². The second kappa shape index (κ2) is 7.60. The summed E-state index contributed by atoms with van der Waals surface area (Å²) in [5.41, 5.74) is 5.40. The molecule has 94 valence electrons. The molecular formula is C11H23N3O2. The molecule has 0 aromatic rings. The maximum atomic E-state index is 11.5. The number of piperidine rings is 1. The molecule has 1 heterocycles. The predicted octanol–water partition coefficient (Wildman–Crippen LogP) is -0.438. The molecule has 1 fully saturated rings. The minimum atomic E-state index is -0.513. The second-order valence-corrected chi connectivity index (χ2v) is 4.15. The van der Waals surface area contributed by atoms with Crippen LogP contribution in [-0.2, 0) is 9.53 Å². The van der Waals surface area contributed by atoms with Gasteiger partial charge in [-0.05, 0) is 25.9 Å². The van der Waals surface area contributed by atoms with Gasteiger partial charge in [0, 0.05) is 26.7 Å². The van der Waals surface area contributed by atoms with E-state index in [9.17, 15) is 4.79 Å². The number of amides is 1. The summed E-state index contributed by atoms with van der Waals surface area (Å²) in [7, 11) is 1.50. The summed E-state index contributed by atoms with van der Waals surface area (Å²) >= 11 is 0. The number of nitrogens with zero attached hydrogens (tertiary/aromatic N) is 1. The minimum absolute atomic E-state index is 0.109. The lowest BCUT2D eigenvalue weighted by atomic mass is 10.1. The van der Waals surface area contributed by atoms with Crippen LogP contribution in [0.5, 0.6) is 0 Å². The number of methoxy groups -OCH3 is 1. The maximum Gasteiger partial charge on any atom is 0.250 e. The van der Waals surface area contributed by atoms with E-state index in [0.29, 0.717) is 6.54 Å². The standard InChI is InChI=1S/C11H23N3O2/c1-16-10(9-12)11(15)13-5-8-14-6-3-2-4-7-14/h10H,2-9,12H2,1H3,(H,13,15). The first-order valence-electron chi connectivity index (χ1n) is 6.01. The molecule has 1 saturated heterocycles. The predicted molar refractivity (Wildman–Crippen MR) is 63.2 cm³/mol. The van der Waals surface area contributed by atoms with Crippen molar-refractivity contribution in [2.75, 3.05) is 39.8 Å². The molecule has 1 aliphatic heterocycles. The van der Waals surface area contributed by atoms with E-state index in [4.69, 9.17) is 10.5 Å². The summed E-state index contributed by atoms with van der Waals surface area (Å²) in [4.78, 5) is 13.9. The number of hydrogen-bond acceptors (Lipinski definition) is 4. The zero-order chi connectivity index (χ0) is 11.8. The summed E-state index contributed by atoms with van der Waals surface area (Å²) in [6, 6.07) is 0. The largest absolute Gasteiger partial charge is 0.370 e. The maximum absolute atomic E-state index is 11.5. The van der Waals surface area contributed by atoms with E-state index in [1.165, 1.54) is 26.4 Å². The van der Waals surface area contributed by atoms with Crippen LogP contribution >= 0.6 is 0 Å². The van der Waals surface area contributed by atoms with Gasteiger partial charge < -0.3 is 20.7 Å². The highest BCUT2D eigenvalue weighted by Gasteiger charge is 2.15. The molecule has 0 bridgehead atoms. The molecule has 0 aromatic carbocycles. The number of ether oxygens (including phenoxy) is 1. The smallest absolute Gasteiger partial charge is 0.250 e. The first kappa shape index (κ1) is 13.4. The highest BCUT2D eigenvalue weighted by atomic mass is 16.5. The molecular weight excluding hydrogens is 206 g/mol. The number of carbonyl (C=O) groups is 1. The number of likely N-dealkylation sites (tertiary alicyclic amines) is 1. The van der Waals surface area contributed by atoms with Gasteiger partial charge in [0.25, 0.3) is 0 Å². The van der Waals surface area contributed by atoms with Crippen molar-refractivity contribution in [1.29, 1.82) is 0 Å². The van der Waals surface area contributed by atoms with Crippen LogP contribution in [0.3, 0.4) is 0 Å². The topological polar surface area (TPSA) is 67.6 Å². The van der Waals surface area contributed by atoms with E-state index >= 15 is 0 Å². The monoisotopic (exact) mass is 229 g/mol. The van der Waals surface area contributed by atoms with E-state index in [-0.39, 0.29) is 12.5 Å². The third-order valence-corrected chi connectivity index (χ3v) is 2.97. The fourth-order valence-corrected chi connectivity index (χ4v) is 1.94. The molecule has 16 heavy (non-hydrogen) atoms. The van der Waals surface area contributed by atoms with Crippen molar-refractivity contribution >= 4 is 5.91 Å². The first-order chi connectivity index (χ1) is 7.77. The highest BCUT2D eigenvalue weighted by Crippen LogP contribution is 2.07. The van der Waals surface area contributed by atoms with Crippen molar-refractivity contribution in [3.05, 3.63) is 0 Å². The van der Waals surface area contributed by atoms with Gasteiger partial charge in [-0.1, -0.05) is 6.42 Å². The normalized spacial score (nSPS) is 19.4. The van der Waals surface area contributed by atoms with Gasteiger partial charge in [-0.25, -0.2) is 0 Å². The number of hydrogen-bond donors (Lipinski definition) is 2. The zero-order valence-corrected chi connectivity index (χ0v) is 10.1. The summed E-state index contributed by atoms with van der Waals surface area (Å²) < 4.78 is 4.95. The van der Waals surface area contributed by atoms with Crippen molar-refractivity contribution in [2.45, 2.75) is 25.4 Å². The number of nitrogens with one attached hydrogen (secondary N) is 1. The molecule has 0 saturated carbocycles. The van der Waals surface area contributed by atoms with Crippen LogP contribution in [0.1, 0.15) is 19.3 Å². The van der Waals surface area contributed by atoms with Crippen LogP contribution < -0.4 is 11.1 Å². The Labute approximate surface area is 97.3 Å². The van der Waals surface area contributed by atoms with E-state index in [2.05, 4.69) is 10.2 Å². The summed E-state index contributed by atoms with van der Waals surface area (Å²) in [6.07, 6.45) is 3.37. The second-order valence-electron chi connectivity index (χ2n) is 4.15. The van der Waals surface area contributed by atoms with Crippen molar-refractivity contribution in [2.24, 2.45) is 5.73 Å². The zero-order valence-electron chi connectivity index (χ0n) is 10.1. The van der Waals surface area contributed by atoms with Gasteiger partial charge in [-0.2, -0.15) is 0 Å². The van der Waals surface area contributed by atoms with Crippen molar-refractivity contribution < 1.29 is 9.53 Å². The fourth-order valence-electron chi connectivity index (χ4n) is 1.94. The Balaban J connectivity index is 2.11.